The Morgan fingerprint density at radius 2 is 1.20 bits per heavy atom. The fourth-order valence-electron chi connectivity index (χ4n) is 2.70. The lowest BCUT2D eigenvalue weighted by Crippen LogP contribution is -2.25. The van der Waals surface area contributed by atoms with Crippen LogP contribution >= 0.6 is 7.92 Å². The van der Waals surface area contributed by atoms with Crippen LogP contribution in [0.3, 0.4) is 0 Å². The van der Waals surface area contributed by atoms with Crippen LogP contribution in [0.5, 0.6) is 0 Å². The van der Waals surface area contributed by atoms with Crippen molar-refractivity contribution in [2.45, 2.75) is 12.6 Å². The fourth-order valence-corrected chi connectivity index (χ4v) is 5.51. The van der Waals surface area contributed by atoms with Gasteiger partial charge in [-0.05, 0) is 24.4 Å². The molecule has 100 valence electrons. The summed E-state index contributed by atoms with van der Waals surface area (Å²) in [6, 6.07) is 21.9. The van der Waals surface area contributed by atoms with Gasteiger partial charge in [-0.25, -0.2) is 0 Å². The van der Waals surface area contributed by atoms with E-state index in [4.69, 9.17) is 0 Å². The van der Waals surface area contributed by atoms with Gasteiger partial charge in [0, 0.05) is 5.66 Å². The van der Waals surface area contributed by atoms with Gasteiger partial charge in [-0.2, -0.15) is 0 Å². The SMILES string of the molecule is CC1C=CC=CC1P(c1ccccc1)c1ccccc1. The molecule has 1 aliphatic carbocycles. The molecule has 2 unspecified atom stereocenters. The van der Waals surface area contributed by atoms with Gasteiger partial charge >= 0.3 is 0 Å². The fraction of sp³-hybridized carbons (Fsp3) is 0.158. The van der Waals surface area contributed by atoms with Crippen molar-refractivity contribution in [2.24, 2.45) is 5.92 Å². The molecule has 0 aromatic heterocycles. The van der Waals surface area contributed by atoms with E-state index in [1.807, 2.05) is 0 Å². The van der Waals surface area contributed by atoms with Gasteiger partial charge in [-0.1, -0.05) is 91.9 Å². The van der Waals surface area contributed by atoms with Crippen molar-refractivity contribution in [3.05, 3.63) is 85.0 Å². The lowest BCUT2D eigenvalue weighted by molar-refractivity contribution is 0.748. The molecule has 20 heavy (non-hydrogen) atoms. The highest BCUT2D eigenvalue weighted by Crippen LogP contribution is 2.45. The maximum atomic E-state index is 2.39. The van der Waals surface area contributed by atoms with Crippen molar-refractivity contribution in [1.82, 2.24) is 0 Å². The summed E-state index contributed by atoms with van der Waals surface area (Å²) >= 11 is 0. The Balaban J connectivity index is 2.05. The highest BCUT2D eigenvalue weighted by atomic mass is 31.1. The summed E-state index contributed by atoms with van der Waals surface area (Å²) in [5.74, 6) is 0.589. The molecule has 1 heteroatoms. The van der Waals surface area contributed by atoms with E-state index in [9.17, 15) is 0 Å². The first kappa shape index (κ1) is 13.3. The van der Waals surface area contributed by atoms with Crippen molar-refractivity contribution in [2.75, 3.05) is 0 Å². The molecule has 0 saturated carbocycles. The monoisotopic (exact) mass is 278 g/mol. The number of hydrogen-bond acceptors (Lipinski definition) is 0. The first-order valence-electron chi connectivity index (χ1n) is 7.10. The molecule has 2 aromatic carbocycles. The van der Waals surface area contributed by atoms with E-state index in [0.29, 0.717) is 11.6 Å². The Morgan fingerprint density at radius 3 is 1.70 bits per heavy atom. The largest absolute Gasteiger partial charge is 0.0807 e. The van der Waals surface area contributed by atoms with Crippen molar-refractivity contribution in [3.63, 3.8) is 0 Å². The number of rotatable bonds is 3. The molecule has 3 rings (SSSR count). The average molecular weight is 278 g/mol. The molecule has 0 radical (unpaired) electrons. The molecule has 0 bridgehead atoms. The molecular weight excluding hydrogens is 259 g/mol. The second-order valence-corrected chi connectivity index (χ2v) is 7.53. The summed E-state index contributed by atoms with van der Waals surface area (Å²) in [7, 11) is -0.346. The number of hydrogen-bond donors (Lipinski definition) is 0. The molecule has 0 N–H and O–H groups in total. The first-order valence-corrected chi connectivity index (χ1v) is 8.51. The van der Waals surface area contributed by atoms with Crippen LogP contribution in [-0.4, -0.2) is 5.66 Å². The summed E-state index contributed by atoms with van der Waals surface area (Å²) in [4.78, 5) is 0. The minimum Gasteiger partial charge on any atom is -0.0807 e. The minimum absolute atomic E-state index is 0.346. The predicted octanol–water partition coefficient (Wildman–Crippen LogP) is 4.25. The Bertz CT molecular complexity index is 559. The van der Waals surface area contributed by atoms with Crippen molar-refractivity contribution in [1.29, 1.82) is 0 Å². The zero-order valence-electron chi connectivity index (χ0n) is 11.7. The van der Waals surface area contributed by atoms with E-state index < -0.39 is 0 Å². The summed E-state index contributed by atoms with van der Waals surface area (Å²) < 4.78 is 0. The molecule has 0 fully saturated rings. The quantitative estimate of drug-likeness (QED) is 0.736. The van der Waals surface area contributed by atoms with Crippen LogP contribution in [0.15, 0.2) is 85.0 Å². The van der Waals surface area contributed by atoms with Crippen molar-refractivity contribution in [3.8, 4) is 0 Å². The van der Waals surface area contributed by atoms with Crippen LogP contribution in [0.1, 0.15) is 6.92 Å². The van der Waals surface area contributed by atoms with E-state index in [2.05, 4.69) is 91.9 Å². The number of benzene rings is 2. The van der Waals surface area contributed by atoms with Crippen LogP contribution in [0, 0.1) is 5.92 Å². The normalized spacial score (nSPS) is 21.3. The van der Waals surface area contributed by atoms with Crippen LogP contribution in [0.4, 0.5) is 0 Å². The van der Waals surface area contributed by atoms with E-state index in [0.717, 1.165) is 0 Å². The Morgan fingerprint density at radius 1 is 0.700 bits per heavy atom. The lowest BCUT2D eigenvalue weighted by Gasteiger charge is -2.31. The van der Waals surface area contributed by atoms with Crippen LogP contribution < -0.4 is 10.6 Å². The first-order chi connectivity index (χ1) is 9.86. The molecule has 0 amide bonds. The van der Waals surface area contributed by atoms with Gasteiger partial charge in [0.05, 0.1) is 0 Å². The van der Waals surface area contributed by atoms with E-state index in [1.165, 1.54) is 10.6 Å². The van der Waals surface area contributed by atoms with Gasteiger partial charge in [-0.15, -0.1) is 0 Å². The second kappa shape index (κ2) is 6.20. The van der Waals surface area contributed by atoms with Gasteiger partial charge < -0.3 is 0 Å². The minimum atomic E-state index is -0.346. The topological polar surface area (TPSA) is 0 Å². The molecule has 0 aliphatic heterocycles. The highest BCUT2D eigenvalue weighted by Gasteiger charge is 2.26. The van der Waals surface area contributed by atoms with Gasteiger partial charge in [0.25, 0.3) is 0 Å². The smallest absolute Gasteiger partial charge is 0.0114 e. The third-order valence-electron chi connectivity index (χ3n) is 3.74. The van der Waals surface area contributed by atoms with Crippen molar-refractivity contribution < 1.29 is 0 Å². The number of allylic oxidation sites excluding steroid dienone is 4. The van der Waals surface area contributed by atoms with Gasteiger partial charge in [0.2, 0.25) is 0 Å². The van der Waals surface area contributed by atoms with E-state index >= 15 is 0 Å². The van der Waals surface area contributed by atoms with Gasteiger partial charge in [-0.3, -0.25) is 0 Å². The zero-order chi connectivity index (χ0) is 13.8. The summed E-state index contributed by atoms with van der Waals surface area (Å²) in [5, 5.41) is 2.93. The summed E-state index contributed by atoms with van der Waals surface area (Å²) in [6.45, 7) is 2.33. The van der Waals surface area contributed by atoms with E-state index in [-0.39, 0.29) is 7.92 Å². The molecule has 2 aromatic rings. The van der Waals surface area contributed by atoms with Gasteiger partial charge in [0.1, 0.15) is 0 Å². The maximum Gasteiger partial charge on any atom is 0.0114 e. The lowest BCUT2D eigenvalue weighted by atomic mass is 10.0. The summed E-state index contributed by atoms with van der Waals surface area (Å²) in [5.41, 5.74) is 0.583. The van der Waals surface area contributed by atoms with Crippen LogP contribution in [0.25, 0.3) is 0 Å². The standard InChI is InChI=1S/C19H19P/c1-16-10-8-9-15-19(16)20(17-11-4-2-5-12-17)18-13-6-3-7-14-18/h2-16,19H,1H3. The second-order valence-electron chi connectivity index (χ2n) is 5.16. The Kier molecular flexibility index (Phi) is 4.14. The van der Waals surface area contributed by atoms with E-state index in [1.54, 1.807) is 0 Å². The molecule has 0 spiro atoms. The zero-order valence-corrected chi connectivity index (χ0v) is 12.6. The molecular formula is C19H19P. The highest BCUT2D eigenvalue weighted by molar-refractivity contribution is 7.73. The summed E-state index contributed by atoms with van der Waals surface area (Å²) in [6.07, 6.45) is 9.08. The third-order valence-corrected chi connectivity index (χ3v) is 6.69. The molecule has 1 aliphatic rings. The molecule has 0 nitrogen and oxygen atoms in total. The van der Waals surface area contributed by atoms with Crippen LogP contribution in [-0.2, 0) is 0 Å². The molecule has 0 saturated heterocycles. The Labute approximate surface area is 122 Å². The predicted molar refractivity (Wildman–Crippen MR) is 90.3 cm³/mol. The molecule has 0 heterocycles. The third kappa shape index (κ3) is 2.76. The molecule has 2 atom stereocenters. The van der Waals surface area contributed by atoms with Gasteiger partial charge in [0.15, 0.2) is 0 Å². The Hall–Kier alpha value is -1.65. The van der Waals surface area contributed by atoms with Crippen molar-refractivity contribution >= 4 is 18.5 Å². The van der Waals surface area contributed by atoms with Crippen LogP contribution in [0.2, 0.25) is 0 Å². The average Bonchev–Trinajstić information content (AvgIpc) is 2.52. The maximum absolute atomic E-state index is 2.39.